The highest BCUT2D eigenvalue weighted by atomic mass is 19.1. The molecule has 0 spiro atoms. The van der Waals surface area contributed by atoms with Crippen LogP contribution in [0.15, 0.2) is 30.9 Å². The molecule has 0 bridgehead atoms. The molecule has 0 aliphatic rings. The van der Waals surface area contributed by atoms with Gasteiger partial charge in [0, 0.05) is 18.3 Å². The molecule has 152 valence electrons. The number of nitrogens with one attached hydrogen (secondary N) is 2. The predicted octanol–water partition coefficient (Wildman–Crippen LogP) is 2.02. The molecule has 29 heavy (non-hydrogen) atoms. The van der Waals surface area contributed by atoms with Gasteiger partial charge >= 0.3 is 0 Å². The molecule has 11 heteroatoms. The predicted molar refractivity (Wildman–Crippen MR) is 104 cm³/mol. The minimum atomic E-state index is -0.663. The summed E-state index contributed by atoms with van der Waals surface area (Å²) in [6.45, 7) is 1.83. The van der Waals surface area contributed by atoms with Gasteiger partial charge < -0.3 is 25.2 Å². The fourth-order valence-electron chi connectivity index (χ4n) is 2.32. The van der Waals surface area contributed by atoms with E-state index in [1.807, 2.05) is 0 Å². The van der Waals surface area contributed by atoms with Gasteiger partial charge in [-0.2, -0.15) is 4.98 Å². The van der Waals surface area contributed by atoms with Gasteiger partial charge in [-0.15, -0.1) is 0 Å². The number of aliphatic hydroxyl groups is 1. The zero-order chi connectivity index (χ0) is 20.8. The first-order valence-corrected chi connectivity index (χ1v) is 8.62. The molecule has 1 atom stereocenters. The number of ether oxygens (including phenoxy) is 2. The largest absolute Gasteiger partial charge is 0.480 e. The van der Waals surface area contributed by atoms with Crippen molar-refractivity contribution >= 4 is 17.5 Å². The number of aromatic nitrogens is 5. The summed E-state index contributed by atoms with van der Waals surface area (Å²) in [5, 5.41) is 15.0. The Kier molecular flexibility index (Phi) is 6.29. The number of pyridine rings is 1. The van der Waals surface area contributed by atoms with Crippen LogP contribution >= 0.6 is 0 Å². The number of hydrogen-bond donors (Lipinski definition) is 3. The number of hydrogen-bond acceptors (Lipinski definition) is 10. The van der Waals surface area contributed by atoms with Crippen LogP contribution in [0.3, 0.4) is 0 Å². The van der Waals surface area contributed by atoms with E-state index in [9.17, 15) is 9.50 Å². The third kappa shape index (κ3) is 5.02. The van der Waals surface area contributed by atoms with Crippen LogP contribution < -0.4 is 20.1 Å². The van der Waals surface area contributed by atoms with Gasteiger partial charge in [-0.05, 0) is 13.0 Å². The van der Waals surface area contributed by atoms with Gasteiger partial charge in [0.1, 0.15) is 5.69 Å². The number of rotatable bonds is 8. The van der Waals surface area contributed by atoms with Crippen molar-refractivity contribution in [1.82, 2.24) is 24.9 Å². The first-order chi connectivity index (χ1) is 14.0. The molecule has 0 fully saturated rings. The van der Waals surface area contributed by atoms with Crippen molar-refractivity contribution in [2.75, 3.05) is 31.4 Å². The standard InChI is InChI=1S/C18H20FN7O3/c1-10(27)5-23-18-24-7-12(19)16(26-18)25-13-4-11(6-22-17(13)29-3)14-8-21-15(28-2)9-20-14/h4,6-10,27H,5H2,1-3H3,(H2,23,24,25,26)/t10-/m1/s1. The second-order valence-corrected chi connectivity index (χ2v) is 5.97. The minimum Gasteiger partial charge on any atom is -0.480 e. The SMILES string of the molecule is COc1cnc(-c2cnc(OC)c(Nc3nc(NC[C@@H](C)O)ncc3F)c2)cn1. The first-order valence-electron chi connectivity index (χ1n) is 8.62. The molecule has 0 aliphatic heterocycles. The Balaban J connectivity index is 1.90. The Bertz CT molecular complexity index is 970. The van der Waals surface area contributed by atoms with E-state index in [4.69, 9.17) is 9.47 Å². The van der Waals surface area contributed by atoms with Crippen LogP contribution in [0.25, 0.3) is 11.3 Å². The molecule has 3 N–H and O–H groups in total. The Morgan fingerprint density at radius 1 is 1.07 bits per heavy atom. The highest BCUT2D eigenvalue weighted by Gasteiger charge is 2.14. The van der Waals surface area contributed by atoms with Crippen LogP contribution in [0, 0.1) is 5.82 Å². The maximum atomic E-state index is 14.2. The summed E-state index contributed by atoms with van der Waals surface area (Å²) >= 11 is 0. The lowest BCUT2D eigenvalue weighted by atomic mass is 10.2. The second kappa shape index (κ2) is 9.06. The van der Waals surface area contributed by atoms with E-state index in [-0.39, 0.29) is 24.2 Å². The number of nitrogens with zero attached hydrogens (tertiary/aromatic N) is 5. The molecule has 0 aromatic carbocycles. The van der Waals surface area contributed by atoms with E-state index in [0.29, 0.717) is 22.8 Å². The van der Waals surface area contributed by atoms with Crippen molar-refractivity contribution in [2.45, 2.75) is 13.0 Å². The minimum absolute atomic E-state index is 0.0776. The molecule has 0 saturated heterocycles. The Morgan fingerprint density at radius 3 is 2.55 bits per heavy atom. The van der Waals surface area contributed by atoms with Gasteiger partial charge in [0.25, 0.3) is 0 Å². The molecule has 3 heterocycles. The zero-order valence-corrected chi connectivity index (χ0v) is 16.0. The van der Waals surface area contributed by atoms with Crippen LogP contribution in [0.1, 0.15) is 6.92 Å². The van der Waals surface area contributed by atoms with Gasteiger partial charge in [0.05, 0.1) is 44.6 Å². The van der Waals surface area contributed by atoms with Gasteiger partial charge in [-0.3, -0.25) is 0 Å². The fraction of sp³-hybridized carbons (Fsp3) is 0.278. The van der Waals surface area contributed by atoms with Crippen molar-refractivity contribution in [3.63, 3.8) is 0 Å². The molecular formula is C18H20FN7O3. The van der Waals surface area contributed by atoms with Crippen LogP contribution in [0.2, 0.25) is 0 Å². The summed E-state index contributed by atoms with van der Waals surface area (Å²) in [7, 11) is 2.95. The topological polar surface area (TPSA) is 127 Å². The van der Waals surface area contributed by atoms with Crippen molar-refractivity contribution < 1.29 is 19.0 Å². The van der Waals surface area contributed by atoms with Gasteiger partial charge in [-0.25, -0.2) is 24.3 Å². The van der Waals surface area contributed by atoms with Crippen molar-refractivity contribution in [2.24, 2.45) is 0 Å². The molecule has 3 rings (SSSR count). The van der Waals surface area contributed by atoms with Crippen molar-refractivity contribution in [3.05, 3.63) is 36.7 Å². The van der Waals surface area contributed by atoms with E-state index in [2.05, 4.69) is 35.6 Å². The third-order valence-electron chi connectivity index (χ3n) is 3.73. The molecule has 0 amide bonds. The molecule has 3 aromatic heterocycles. The summed E-state index contributed by atoms with van der Waals surface area (Å²) in [5.74, 6) is 0.0509. The van der Waals surface area contributed by atoms with Gasteiger partial charge in [0.15, 0.2) is 11.6 Å². The molecule has 10 nitrogen and oxygen atoms in total. The first kappa shape index (κ1) is 20.1. The Labute approximate surface area is 166 Å². The quantitative estimate of drug-likeness (QED) is 0.516. The number of methoxy groups -OCH3 is 2. The van der Waals surface area contributed by atoms with Crippen molar-refractivity contribution in [3.8, 4) is 23.0 Å². The smallest absolute Gasteiger partial charge is 0.237 e. The van der Waals surface area contributed by atoms with E-state index in [1.54, 1.807) is 19.2 Å². The number of halogens is 1. The normalized spacial score (nSPS) is 11.6. The second-order valence-electron chi connectivity index (χ2n) is 5.97. The van der Waals surface area contributed by atoms with Crippen LogP contribution in [0.4, 0.5) is 21.8 Å². The molecule has 0 saturated carbocycles. The van der Waals surface area contributed by atoms with E-state index in [1.165, 1.54) is 26.6 Å². The lowest BCUT2D eigenvalue weighted by Gasteiger charge is -2.13. The number of anilines is 3. The monoisotopic (exact) mass is 401 g/mol. The lowest BCUT2D eigenvalue weighted by molar-refractivity contribution is 0.208. The highest BCUT2D eigenvalue weighted by molar-refractivity contribution is 5.70. The summed E-state index contributed by atoms with van der Waals surface area (Å²) in [4.78, 5) is 20.6. The summed E-state index contributed by atoms with van der Waals surface area (Å²) in [5.41, 5.74) is 1.55. The van der Waals surface area contributed by atoms with Crippen LogP contribution in [-0.2, 0) is 0 Å². The maximum absolute atomic E-state index is 14.2. The van der Waals surface area contributed by atoms with Gasteiger partial charge in [-0.1, -0.05) is 0 Å². The molecule has 0 aliphatic carbocycles. The Hall–Kier alpha value is -3.60. The summed E-state index contributed by atoms with van der Waals surface area (Å²) < 4.78 is 24.5. The highest BCUT2D eigenvalue weighted by Crippen LogP contribution is 2.30. The van der Waals surface area contributed by atoms with Crippen molar-refractivity contribution in [1.29, 1.82) is 0 Å². The third-order valence-corrected chi connectivity index (χ3v) is 3.73. The van der Waals surface area contributed by atoms with E-state index < -0.39 is 11.9 Å². The van der Waals surface area contributed by atoms with Crippen LogP contribution in [0.5, 0.6) is 11.8 Å². The van der Waals surface area contributed by atoms with Gasteiger partial charge in [0.2, 0.25) is 17.7 Å². The van der Waals surface area contributed by atoms with E-state index in [0.717, 1.165) is 6.20 Å². The lowest BCUT2D eigenvalue weighted by Crippen LogP contribution is -2.17. The average Bonchev–Trinajstić information content (AvgIpc) is 2.74. The molecule has 3 aromatic rings. The number of aliphatic hydroxyl groups excluding tert-OH is 1. The maximum Gasteiger partial charge on any atom is 0.237 e. The zero-order valence-electron chi connectivity index (χ0n) is 16.0. The summed E-state index contributed by atoms with van der Waals surface area (Å²) in [6.07, 6.45) is 5.00. The van der Waals surface area contributed by atoms with Crippen LogP contribution in [-0.4, -0.2) is 56.9 Å². The fourth-order valence-corrected chi connectivity index (χ4v) is 2.32. The molecular weight excluding hydrogens is 381 g/mol. The average molecular weight is 401 g/mol. The van der Waals surface area contributed by atoms with E-state index >= 15 is 0 Å². The summed E-state index contributed by atoms with van der Waals surface area (Å²) in [6, 6.07) is 1.69. The molecule has 0 unspecified atom stereocenters. The molecule has 0 radical (unpaired) electrons. The Morgan fingerprint density at radius 2 is 1.90 bits per heavy atom.